The van der Waals surface area contributed by atoms with E-state index in [9.17, 15) is 9.59 Å². The third-order valence-electron chi connectivity index (χ3n) is 3.24. The van der Waals surface area contributed by atoms with E-state index in [1.165, 1.54) is 11.9 Å². The molecule has 0 fully saturated rings. The Morgan fingerprint density at radius 2 is 2.09 bits per heavy atom. The van der Waals surface area contributed by atoms with Crippen molar-refractivity contribution in [3.05, 3.63) is 44.8 Å². The summed E-state index contributed by atoms with van der Waals surface area (Å²) in [5.74, 6) is -0.775. The first-order valence-electron chi connectivity index (χ1n) is 6.75. The van der Waals surface area contributed by atoms with E-state index in [1.807, 2.05) is 35.0 Å². The number of nitrogens with zero attached hydrogens (tertiary/aromatic N) is 2. The molecule has 0 saturated carbocycles. The van der Waals surface area contributed by atoms with Crippen molar-refractivity contribution in [1.82, 2.24) is 5.01 Å². The van der Waals surface area contributed by atoms with Gasteiger partial charge in [0.25, 0.3) is 5.91 Å². The third-order valence-corrected chi connectivity index (χ3v) is 5.13. The second-order valence-electron chi connectivity index (χ2n) is 4.78. The summed E-state index contributed by atoms with van der Waals surface area (Å²) in [6.07, 6.45) is 0.673. The van der Waals surface area contributed by atoms with Crippen molar-refractivity contribution >= 4 is 40.3 Å². The number of rotatable bonds is 4. The van der Waals surface area contributed by atoms with Crippen molar-refractivity contribution in [3.8, 4) is 0 Å². The smallest absolute Gasteiger partial charge is 0.303 e. The minimum absolute atomic E-state index is 0.125. The topological polar surface area (TPSA) is 59.0 Å². The normalized spacial score (nSPS) is 17.4. The van der Waals surface area contributed by atoms with Gasteiger partial charge in [0.05, 0.1) is 16.6 Å². The second kappa shape index (κ2) is 6.41. The van der Waals surface area contributed by atoms with Gasteiger partial charge in [-0.25, -0.2) is 5.01 Å². The van der Waals surface area contributed by atoms with Crippen LogP contribution in [0.1, 0.15) is 29.1 Å². The lowest BCUT2D eigenvalue weighted by atomic mass is 10.1. The fourth-order valence-electron chi connectivity index (χ4n) is 2.26. The van der Waals surface area contributed by atoms with Crippen LogP contribution >= 0.6 is 22.7 Å². The molecule has 3 heterocycles. The Labute approximate surface area is 135 Å². The molecule has 3 rings (SSSR count). The van der Waals surface area contributed by atoms with Crippen molar-refractivity contribution < 1.29 is 14.3 Å². The largest absolute Gasteiger partial charge is 0.456 e. The van der Waals surface area contributed by atoms with Crippen molar-refractivity contribution in [2.24, 2.45) is 5.10 Å². The summed E-state index contributed by atoms with van der Waals surface area (Å²) in [4.78, 5) is 25.4. The lowest BCUT2D eigenvalue weighted by Crippen LogP contribution is -2.30. The molecule has 5 nitrogen and oxygen atoms in total. The summed E-state index contributed by atoms with van der Waals surface area (Å²) >= 11 is 3.19. The van der Waals surface area contributed by atoms with E-state index in [1.54, 1.807) is 22.7 Å². The molecular formula is C15H14N2O3S2. The minimum Gasteiger partial charge on any atom is -0.456 e. The van der Waals surface area contributed by atoms with Gasteiger partial charge in [-0.1, -0.05) is 12.1 Å². The summed E-state index contributed by atoms with van der Waals surface area (Å²) in [7, 11) is 0. The van der Waals surface area contributed by atoms with Gasteiger partial charge in [-0.3, -0.25) is 9.59 Å². The monoisotopic (exact) mass is 334 g/mol. The number of thiophene rings is 2. The Morgan fingerprint density at radius 3 is 2.73 bits per heavy atom. The van der Waals surface area contributed by atoms with Crippen molar-refractivity contribution in [3.63, 3.8) is 0 Å². The van der Waals surface area contributed by atoms with Crippen LogP contribution in [0.2, 0.25) is 0 Å². The van der Waals surface area contributed by atoms with Gasteiger partial charge in [-0.05, 0) is 22.9 Å². The second-order valence-corrected chi connectivity index (χ2v) is 6.70. The predicted molar refractivity (Wildman–Crippen MR) is 86.0 cm³/mol. The SMILES string of the molecule is CC(=O)OCC(=O)N1N=C(c2cccs2)CC1c1cccs1. The van der Waals surface area contributed by atoms with Crippen LogP contribution in [0.15, 0.2) is 40.1 Å². The number of ether oxygens (including phenoxy) is 1. The molecule has 0 aliphatic carbocycles. The van der Waals surface area contributed by atoms with Gasteiger partial charge in [0.15, 0.2) is 6.61 Å². The molecule has 0 bridgehead atoms. The molecule has 1 aliphatic rings. The maximum absolute atomic E-state index is 12.3. The summed E-state index contributed by atoms with van der Waals surface area (Å²) in [5.41, 5.74) is 0.893. The van der Waals surface area contributed by atoms with Crippen LogP contribution in [0.5, 0.6) is 0 Å². The zero-order valence-electron chi connectivity index (χ0n) is 11.9. The van der Waals surface area contributed by atoms with Crippen LogP contribution < -0.4 is 0 Å². The maximum atomic E-state index is 12.3. The van der Waals surface area contributed by atoms with Crippen molar-refractivity contribution in [2.45, 2.75) is 19.4 Å². The number of hydrogen-bond donors (Lipinski definition) is 0. The van der Waals surface area contributed by atoms with E-state index < -0.39 is 5.97 Å². The lowest BCUT2D eigenvalue weighted by Gasteiger charge is -2.20. The van der Waals surface area contributed by atoms with Crippen LogP contribution in [-0.2, 0) is 14.3 Å². The molecule has 22 heavy (non-hydrogen) atoms. The number of amides is 1. The first-order chi connectivity index (χ1) is 10.6. The van der Waals surface area contributed by atoms with E-state index in [4.69, 9.17) is 4.74 Å². The van der Waals surface area contributed by atoms with Crippen LogP contribution in [0, 0.1) is 0 Å². The molecule has 0 N–H and O–H groups in total. The lowest BCUT2D eigenvalue weighted by molar-refractivity contribution is -0.151. The molecule has 1 atom stereocenters. The molecule has 0 saturated heterocycles. The third kappa shape index (κ3) is 3.10. The molecule has 0 radical (unpaired) electrons. The van der Waals surface area contributed by atoms with E-state index in [0.717, 1.165) is 15.5 Å². The Hall–Kier alpha value is -1.99. The van der Waals surface area contributed by atoms with Gasteiger partial charge in [-0.15, -0.1) is 22.7 Å². The highest BCUT2D eigenvalue weighted by atomic mass is 32.1. The number of hydrazone groups is 1. The van der Waals surface area contributed by atoms with Gasteiger partial charge < -0.3 is 4.74 Å². The van der Waals surface area contributed by atoms with E-state index in [-0.39, 0.29) is 18.6 Å². The van der Waals surface area contributed by atoms with Crippen molar-refractivity contribution in [2.75, 3.05) is 6.61 Å². The maximum Gasteiger partial charge on any atom is 0.303 e. The highest BCUT2D eigenvalue weighted by molar-refractivity contribution is 7.12. The van der Waals surface area contributed by atoms with Crippen LogP contribution in [0.25, 0.3) is 0 Å². The Bertz CT molecular complexity index is 692. The molecule has 0 aromatic carbocycles. The summed E-state index contributed by atoms with van der Waals surface area (Å²) in [6.45, 7) is 1.01. The zero-order valence-corrected chi connectivity index (χ0v) is 13.5. The van der Waals surface area contributed by atoms with Gasteiger partial charge in [0.1, 0.15) is 0 Å². The van der Waals surface area contributed by atoms with Crippen LogP contribution in [-0.4, -0.2) is 29.2 Å². The van der Waals surface area contributed by atoms with Crippen molar-refractivity contribution in [1.29, 1.82) is 0 Å². The predicted octanol–water partition coefficient (Wildman–Crippen LogP) is 3.05. The van der Waals surface area contributed by atoms with Gasteiger partial charge in [0, 0.05) is 18.2 Å². The fraction of sp³-hybridized carbons (Fsp3) is 0.267. The van der Waals surface area contributed by atoms with Gasteiger partial charge in [-0.2, -0.15) is 5.10 Å². The van der Waals surface area contributed by atoms with E-state index in [0.29, 0.717) is 6.42 Å². The van der Waals surface area contributed by atoms with Crippen LogP contribution in [0.4, 0.5) is 0 Å². The summed E-state index contributed by atoms with van der Waals surface area (Å²) in [5, 5.41) is 9.89. The van der Waals surface area contributed by atoms with Crippen LogP contribution in [0.3, 0.4) is 0 Å². The molecule has 114 valence electrons. The molecular weight excluding hydrogens is 320 g/mol. The highest BCUT2D eigenvalue weighted by Gasteiger charge is 2.34. The molecule has 7 heteroatoms. The molecule has 2 aromatic rings. The number of esters is 1. The molecule has 1 aliphatic heterocycles. The molecule has 2 aromatic heterocycles. The molecule has 1 amide bonds. The van der Waals surface area contributed by atoms with E-state index >= 15 is 0 Å². The van der Waals surface area contributed by atoms with Gasteiger partial charge >= 0.3 is 5.97 Å². The highest BCUT2D eigenvalue weighted by Crippen LogP contribution is 2.35. The van der Waals surface area contributed by atoms with Gasteiger partial charge in [0.2, 0.25) is 0 Å². The average molecular weight is 334 g/mol. The average Bonchev–Trinajstić information content (AvgIpc) is 3.23. The minimum atomic E-state index is -0.470. The Balaban J connectivity index is 1.84. The Kier molecular flexibility index (Phi) is 4.35. The molecule has 1 unspecified atom stereocenters. The summed E-state index contributed by atoms with van der Waals surface area (Å²) < 4.78 is 4.81. The zero-order chi connectivity index (χ0) is 15.5. The first-order valence-corrected chi connectivity index (χ1v) is 8.51. The number of hydrogen-bond acceptors (Lipinski definition) is 6. The Morgan fingerprint density at radius 1 is 1.32 bits per heavy atom. The summed E-state index contributed by atoms with van der Waals surface area (Å²) in [6, 6.07) is 7.79. The quantitative estimate of drug-likeness (QED) is 0.808. The first kappa shape index (κ1) is 14.9. The number of carbonyl (C=O) groups excluding carboxylic acids is 2. The fourth-order valence-corrected chi connectivity index (χ4v) is 3.80. The number of carbonyl (C=O) groups is 2. The molecule has 0 spiro atoms. The standard InChI is InChI=1S/C15H14N2O3S2/c1-10(18)20-9-15(19)17-12(14-5-3-7-22-14)8-11(16-17)13-4-2-6-21-13/h2-7,12H,8-9H2,1H3. The van der Waals surface area contributed by atoms with E-state index in [2.05, 4.69) is 5.10 Å².